The Labute approximate surface area is 373 Å². The zero-order valence-electron chi connectivity index (χ0n) is 35.4. The maximum absolute atomic E-state index is 2.42. The van der Waals surface area contributed by atoms with Gasteiger partial charge in [0.25, 0.3) is 0 Å². The minimum absolute atomic E-state index is 0.990. The molecule has 0 fully saturated rings. The van der Waals surface area contributed by atoms with Gasteiger partial charge < -0.3 is 4.90 Å². The third-order valence-electron chi connectivity index (χ3n) is 12.5. The lowest BCUT2D eigenvalue weighted by molar-refractivity contribution is 1.23. The van der Waals surface area contributed by atoms with Gasteiger partial charge in [-0.15, -0.1) is 11.3 Å². The molecule has 11 rings (SSSR count). The van der Waals surface area contributed by atoms with Crippen molar-refractivity contribution in [2.45, 2.75) is 20.3 Å². The van der Waals surface area contributed by atoms with Gasteiger partial charge in [-0.3, -0.25) is 0 Å². The number of rotatable bonds is 9. The van der Waals surface area contributed by atoms with E-state index in [0.29, 0.717) is 0 Å². The Balaban J connectivity index is 0.976. The zero-order chi connectivity index (χ0) is 42.3. The van der Waals surface area contributed by atoms with Gasteiger partial charge in [-0.25, -0.2) is 0 Å². The van der Waals surface area contributed by atoms with Crippen molar-refractivity contribution in [3.05, 3.63) is 230 Å². The van der Waals surface area contributed by atoms with Crippen molar-refractivity contribution >= 4 is 86.5 Å². The minimum atomic E-state index is 0.990. The molecule has 0 N–H and O–H groups in total. The fourth-order valence-corrected chi connectivity index (χ4v) is 10.7. The van der Waals surface area contributed by atoms with Crippen molar-refractivity contribution in [1.82, 2.24) is 0 Å². The highest BCUT2D eigenvalue weighted by Crippen LogP contribution is 2.44. The van der Waals surface area contributed by atoms with Crippen molar-refractivity contribution in [1.29, 1.82) is 0 Å². The van der Waals surface area contributed by atoms with Crippen LogP contribution >= 0.6 is 11.3 Å². The molecule has 0 atom stereocenters. The quantitative estimate of drug-likeness (QED) is 0.104. The van der Waals surface area contributed by atoms with Crippen LogP contribution in [0, 0.1) is 0 Å². The fraction of sp³-hybridized carbons (Fsp3) is 0.0492. The summed E-state index contributed by atoms with van der Waals surface area (Å²) in [5, 5.41) is 10.3. The Morgan fingerprint density at radius 2 is 0.921 bits per heavy atom. The lowest BCUT2D eigenvalue weighted by Crippen LogP contribution is -2.10. The average Bonchev–Trinajstić information content (AvgIpc) is 3.74. The van der Waals surface area contributed by atoms with E-state index in [1.165, 1.54) is 97.0 Å². The van der Waals surface area contributed by atoms with Crippen molar-refractivity contribution < 1.29 is 0 Å². The van der Waals surface area contributed by atoms with E-state index >= 15 is 0 Å². The summed E-state index contributed by atoms with van der Waals surface area (Å²) in [6, 6.07) is 76.1. The number of thiophene rings is 1. The molecule has 10 aromatic carbocycles. The van der Waals surface area contributed by atoms with Gasteiger partial charge in [-0.05, 0) is 145 Å². The highest BCUT2D eigenvalue weighted by atomic mass is 32.1. The second kappa shape index (κ2) is 16.4. The van der Waals surface area contributed by atoms with Crippen molar-refractivity contribution in [3.63, 3.8) is 0 Å². The molecule has 63 heavy (non-hydrogen) atoms. The van der Waals surface area contributed by atoms with E-state index in [0.717, 1.165) is 23.5 Å². The Hall–Kier alpha value is -7.52. The van der Waals surface area contributed by atoms with E-state index < -0.39 is 0 Å². The molecule has 300 valence electrons. The summed E-state index contributed by atoms with van der Waals surface area (Å²) in [4.78, 5) is 2.36. The number of nitrogens with zero attached hydrogens (tertiary/aromatic N) is 1. The average molecular weight is 824 g/mol. The molecule has 11 aromatic rings. The van der Waals surface area contributed by atoms with Crippen molar-refractivity contribution in [3.8, 4) is 33.4 Å². The van der Waals surface area contributed by atoms with Gasteiger partial charge in [-0.1, -0.05) is 177 Å². The summed E-state index contributed by atoms with van der Waals surface area (Å²) in [6.07, 6.45) is 7.59. The van der Waals surface area contributed by atoms with Crippen LogP contribution in [-0.2, 0) is 0 Å². The summed E-state index contributed by atoms with van der Waals surface area (Å²) in [5.41, 5.74) is 13.1. The van der Waals surface area contributed by atoms with E-state index in [1.807, 2.05) is 11.3 Å². The second-order valence-corrected chi connectivity index (χ2v) is 17.3. The Morgan fingerprint density at radius 1 is 0.429 bits per heavy atom. The van der Waals surface area contributed by atoms with E-state index in [2.05, 4.69) is 243 Å². The first-order chi connectivity index (χ1) is 31.1. The van der Waals surface area contributed by atoms with Crippen LogP contribution in [0.15, 0.2) is 224 Å². The largest absolute Gasteiger partial charge is 0.311 e. The van der Waals surface area contributed by atoms with Crippen LogP contribution in [-0.4, -0.2) is 0 Å². The maximum Gasteiger partial charge on any atom is 0.0462 e. The van der Waals surface area contributed by atoms with E-state index in [-0.39, 0.29) is 0 Å². The first-order valence-corrected chi connectivity index (χ1v) is 22.7. The van der Waals surface area contributed by atoms with Crippen LogP contribution in [0.25, 0.3) is 91.4 Å². The lowest BCUT2D eigenvalue weighted by Gasteiger charge is -2.26. The molecular formula is C61H45NS. The molecule has 0 bridgehead atoms. The Morgan fingerprint density at radius 3 is 1.56 bits per heavy atom. The van der Waals surface area contributed by atoms with Gasteiger partial charge >= 0.3 is 0 Å². The van der Waals surface area contributed by atoms with Gasteiger partial charge in [0.05, 0.1) is 0 Å². The van der Waals surface area contributed by atoms with Gasteiger partial charge in [0, 0.05) is 37.2 Å². The highest BCUT2D eigenvalue weighted by Gasteiger charge is 2.17. The number of fused-ring (bicyclic) bond motifs is 9. The number of hydrogen-bond donors (Lipinski definition) is 0. The molecule has 1 aromatic heterocycles. The fourth-order valence-electron chi connectivity index (χ4n) is 9.45. The number of allylic oxidation sites excluding steroid dienone is 4. The van der Waals surface area contributed by atoms with Crippen LogP contribution in [0.5, 0.6) is 0 Å². The zero-order valence-corrected chi connectivity index (χ0v) is 36.2. The summed E-state index contributed by atoms with van der Waals surface area (Å²) < 4.78 is 2.68. The predicted octanol–water partition coefficient (Wildman–Crippen LogP) is 18.4. The molecule has 2 heteroatoms. The molecule has 0 aliphatic heterocycles. The molecule has 0 amide bonds. The van der Waals surface area contributed by atoms with Crippen molar-refractivity contribution in [2.75, 3.05) is 4.90 Å². The molecule has 1 nitrogen and oxygen atoms in total. The summed E-state index contributed by atoms with van der Waals surface area (Å²) >= 11 is 1.89. The normalized spacial score (nSPS) is 12.1. The van der Waals surface area contributed by atoms with Crippen LogP contribution in [0.2, 0.25) is 0 Å². The molecule has 0 spiro atoms. The second-order valence-electron chi connectivity index (χ2n) is 16.3. The van der Waals surface area contributed by atoms with E-state index in [1.54, 1.807) is 0 Å². The third kappa shape index (κ3) is 6.99. The highest BCUT2D eigenvalue weighted by molar-refractivity contribution is 7.26. The van der Waals surface area contributed by atoms with Gasteiger partial charge in [0.2, 0.25) is 0 Å². The van der Waals surface area contributed by atoms with Gasteiger partial charge in [0.15, 0.2) is 0 Å². The standard InChI is InChI=1S/C61H45NS/c1-3-13-41(14-4-2)43-23-31-48(32-24-43)62(49-33-25-44(26-34-49)42-15-6-5-7-16-42)50-35-27-45(28-36-50)46-29-37-54-55-38-30-47(40-59(55)53-18-9-8-17-52(53)58(54)39-46)51-20-12-21-57-56-19-10-11-22-60(56)63-61(51)57/h3,5-40H,4H2,1-2H3/b13-3-,41-14+. The molecular weight excluding hydrogens is 779 g/mol. The molecule has 0 saturated heterocycles. The molecule has 0 radical (unpaired) electrons. The Bertz CT molecular complexity index is 3500. The molecule has 0 unspecified atom stereocenters. The monoisotopic (exact) mass is 823 g/mol. The first-order valence-electron chi connectivity index (χ1n) is 21.9. The SMILES string of the molecule is C/C=C\C(=C/CC)c1ccc(N(c2ccc(-c3ccccc3)cc2)c2ccc(-c3ccc4c5ccc(-c6cccc7c6sc6ccccc67)cc5c5ccccc5c4c3)cc2)cc1. The van der Waals surface area contributed by atoms with Crippen LogP contribution in [0.1, 0.15) is 25.8 Å². The molecule has 1 heterocycles. The minimum Gasteiger partial charge on any atom is -0.311 e. The van der Waals surface area contributed by atoms with Crippen LogP contribution < -0.4 is 4.90 Å². The summed E-state index contributed by atoms with van der Waals surface area (Å²) in [6.45, 7) is 4.27. The van der Waals surface area contributed by atoms with Crippen molar-refractivity contribution in [2.24, 2.45) is 0 Å². The van der Waals surface area contributed by atoms with Gasteiger partial charge in [-0.2, -0.15) is 0 Å². The number of anilines is 3. The predicted molar refractivity (Wildman–Crippen MR) is 276 cm³/mol. The van der Waals surface area contributed by atoms with Crippen LogP contribution in [0.3, 0.4) is 0 Å². The molecule has 0 saturated carbocycles. The van der Waals surface area contributed by atoms with Crippen LogP contribution in [0.4, 0.5) is 17.1 Å². The summed E-state index contributed by atoms with van der Waals surface area (Å²) in [7, 11) is 0. The smallest absolute Gasteiger partial charge is 0.0462 e. The van der Waals surface area contributed by atoms with E-state index in [4.69, 9.17) is 0 Å². The van der Waals surface area contributed by atoms with E-state index in [9.17, 15) is 0 Å². The molecule has 0 aliphatic carbocycles. The Kier molecular flexibility index (Phi) is 10.00. The molecule has 0 aliphatic rings. The van der Waals surface area contributed by atoms with Gasteiger partial charge in [0.1, 0.15) is 0 Å². The topological polar surface area (TPSA) is 3.24 Å². The summed E-state index contributed by atoms with van der Waals surface area (Å²) in [5.74, 6) is 0. The first kappa shape index (κ1) is 38.4. The number of benzene rings is 10. The maximum atomic E-state index is 2.42. The number of hydrogen-bond acceptors (Lipinski definition) is 2. The third-order valence-corrected chi connectivity index (χ3v) is 13.7. The lowest BCUT2D eigenvalue weighted by atomic mass is 9.90.